The Morgan fingerprint density at radius 3 is 2.45 bits per heavy atom. The largest absolute Gasteiger partial charge is 0.480 e. The number of carboxylic acids is 1. The smallest absolute Gasteiger partial charge is 0.326 e. The van der Waals surface area contributed by atoms with Crippen LogP contribution in [0.2, 0.25) is 0 Å². The maximum absolute atomic E-state index is 12.3. The Balaban J connectivity index is 2.74. The van der Waals surface area contributed by atoms with E-state index in [2.05, 4.69) is 11.9 Å². The first-order valence-corrected chi connectivity index (χ1v) is 9.01. The molecule has 0 aromatic heterocycles. The van der Waals surface area contributed by atoms with Crippen molar-refractivity contribution in [3.05, 3.63) is 52.6 Å². The molecule has 0 aliphatic rings. The van der Waals surface area contributed by atoms with Gasteiger partial charge in [0.25, 0.3) is 11.6 Å². The van der Waals surface area contributed by atoms with Gasteiger partial charge in [-0.25, -0.2) is 4.79 Å². The SMILES string of the molecule is C=CCOC[C@@H](COCOCC)C[C@@H](NC(=O)c1ccc([N+](=O)[O-])cc1)C(=O)O. The van der Waals surface area contributed by atoms with Crippen LogP contribution in [0.15, 0.2) is 36.9 Å². The number of nitro groups is 1. The number of rotatable bonds is 15. The molecule has 0 fully saturated rings. The van der Waals surface area contributed by atoms with Crippen molar-refractivity contribution in [1.29, 1.82) is 0 Å². The van der Waals surface area contributed by atoms with E-state index in [1.54, 1.807) is 6.08 Å². The number of hydrogen-bond acceptors (Lipinski definition) is 7. The minimum absolute atomic E-state index is 0.0668. The van der Waals surface area contributed by atoms with Gasteiger partial charge in [-0.1, -0.05) is 6.08 Å². The van der Waals surface area contributed by atoms with Gasteiger partial charge in [-0.15, -0.1) is 6.58 Å². The number of aliphatic carboxylic acids is 1. The number of ether oxygens (including phenoxy) is 3. The molecule has 160 valence electrons. The van der Waals surface area contributed by atoms with Crippen LogP contribution in [0.1, 0.15) is 23.7 Å². The van der Waals surface area contributed by atoms with Gasteiger partial charge in [-0.05, 0) is 25.5 Å². The molecule has 10 nitrogen and oxygen atoms in total. The van der Waals surface area contributed by atoms with E-state index in [-0.39, 0.29) is 43.6 Å². The Hall–Kier alpha value is -2.82. The molecule has 0 bridgehead atoms. The van der Waals surface area contributed by atoms with E-state index < -0.39 is 22.8 Å². The Labute approximate surface area is 168 Å². The normalized spacial score (nSPS) is 12.7. The van der Waals surface area contributed by atoms with Gasteiger partial charge in [-0.2, -0.15) is 0 Å². The van der Waals surface area contributed by atoms with E-state index in [1.807, 2.05) is 6.92 Å². The van der Waals surface area contributed by atoms with Crippen LogP contribution in [-0.4, -0.2) is 61.2 Å². The molecule has 0 radical (unpaired) electrons. The number of carbonyl (C=O) groups excluding carboxylic acids is 1. The number of nitrogens with one attached hydrogen (secondary N) is 1. The van der Waals surface area contributed by atoms with Crippen molar-refractivity contribution in [2.75, 3.05) is 33.2 Å². The fraction of sp³-hybridized carbons (Fsp3) is 0.474. The Morgan fingerprint density at radius 1 is 1.24 bits per heavy atom. The second-order valence-electron chi connectivity index (χ2n) is 6.08. The van der Waals surface area contributed by atoms with Crippen molar-refractivity contribution in [3.8, 4) is 0 Å². The molecule has 0 heterocycles. The average molecular weight is 410 g/mol. The minimum Gasteiger partial charge on any atom is -0.480 e. The Bertz CT molecular complexity index is 677. The zero-order chi connectivity index (χ0) is 21.6. The number of carbonyl (C=O) groups is 2. The van der Waals surface area contributed by atoms with E-state index in [4.69, 9.17) is 14.2 Å². The predicted octanol–water partition coefficient (Wildman–Crippen LogP) is 2.00. The van der Waals surface area contributed by atoms with Gasteiger partial charge in [0.05, 0.1) is 24.7 Å². The average Bonchev–Trinajstić information content (AvgIpc) is 2.70. The van der Waals surface area contributed by atoms with Crippen LogP contribution in [0, 0.1) is 16.0 Å². The van der Waals surface area contributed by atoms with E-state index in [0.29, 0.717) is 13.2 Å². The first-order chi connectivity index (χ1) is 13.9. The molecule has 1 amide bonds. The van der Waals surface area contributed by atoms with Gasteiger partial charge in [0, 0.05) is 30.2 Å². The molecule has 0 aliphatic heterocycles. The highest BCUT2D eigenvalue weighted by molar-refractivity contribution is 5.96. The highest BCUT2D eigenvalue weighted by Gasteiger charge is 2.25. The Morgan fingerprint density at radius 2 is 1.90 bits per heavy atom. The zero-order valence-corrected chi connectivity index (χ0v) is 16.2. The molecule has 0 spiro atoms. The van der Waals surface area contributed by atoms with Crippen molar-refractivity contribution >= 4 is 17.6 Å². The maximum atomic E-state index is 12.3. The van der Waals surface area contributed by atoms with Crippen molar-refractivity contribution < 1.29 is 33.8 Å². The molecule has 29 heavy (non-hydrogen) atoms. The quantitative estimate of drug-likeness (QED) is 0.147. The summed E-state index contributed by atoms with van der Waals surface area (Å²) in [6, 6.07) is 3.70. The molecule has 0 unspecified atom stereocenters. The summed E-state index contributed by atoms with van der Waals surface area (Å²) in [5.74, 6) is -2.17. The van der Waals surface area contributed by atoms with Gasteiger partial charge >= 0.3 is 5.97 Å². The molecule has 0 saturated carbocycles. The minimum atomic E-state index is -1.21. The third kappa shape index (κ3) is 9.28. The number of carboxylic acid groups (broad SMARTS) is 1. The van der Waals surface area contributed by atoms with Gasteiger partial charge < -0.3 is 24.6 Å². The van der Waals surface area contributed by atoms with E-state index in [1.165, 1.54) is 24.3 Å². The molecule has 2 N–H and O–H groups in total. The summed E-state index contributed by atoms with van der Waals surface area (Å²) in [4.78, 5) is 34.1. The molecule has 2 atom stereocenters. The zero-order valence-electron chi connectivity index (χ0n) is 16.2. The molecule has 1 aromatic rings. The molecule has 10 heteroatoms. The lowest BCUT2D eigenvalue weighted by atomic mass is 10.0. The van der Waals surface area contributed by atoms with Gasteiger partial charge in [0.15, 0.2) is 0 Å². The summed E-state index contributed by atoms with van der Waals surface area (Å²) in [6.45, 7) is 6.64. The van der Waals surface area contributed by atoms with Crippen LogP contribution in [0.5, 0.6) is 0 Å². The molecular weight excluding hydrogens is 384 g/mol. The monoisotopic (exact) mass is 410 g/mol. The summed E-state index contributed by atoms with van der Waals surface area (Å²) in [5, 5.41) is 22.6. The molecular formula is C19H26N2O8. The Kier molecular flexibility index (Phi) is 11.2. The van der Waals surface area contributed by atoms with Crippen LogP contribution >= 0.6 is 0 Å². The summed E-state index contributed by atoms with van der Waals surface area (Å²) in [7, 11) is 0. The summed E-state index contributed by atoms with van der Waals surface area (Å²) < 4.78 is 15.9. The summed E-state index contributed by atoms with van der Waals surface area (Å²) in [6.07, 6.45) is 1.64. The van der Waals surface area contributed by atoms with Crippen LogP contribution in [0.3, 0.4) is 0 Å². The van der Waals surface area contributed by atoms with Gasteiger partial charge in [-0.3, -0.25) is 14.9 Å². The van der Waals surface area contributed by atoms with Crippen molar-refractivity contribution in [3.63, 3.8) is 0 Å². The first kappa shape index (κ1) is 24.2. The lowest BCUT2D eigenvalue weighted by Gasteiger charge is -2.22. The second kappa shape index (κ2) is 13.4. The highest BCUT2D eigenvalue weighted by Crippen LogP contribution is 2.14. The van der Waals surface area contributed by atoms with Crippen LogP contribution < -0.4 is 5.32 Å². The number of hydrogen-bond donors (Lipinski definition) is 2. The molecule has 1 rings (SSSR count). The lowest BCUT2D eigenvalue weighted by Crippen LogP contribution is -2.43. The molecule has 1 aromatic carbocycles. The van der Waals surface area contributed by atoms with Crippen LogP contribution in [0.25, 0.3) is 0 Å². The van der Waals surface area contributed by atoms with E-state index in [0.717, 1.165) is 0 Å². The fourth-order valence-corrected chi connectivity index (χ4v) is 2.39. The molecule has 0 aliphatic carbocycles. The van der Waals surface area contributed by atoms with E-state index >= 15 is 0 Å². The number of non-ortho nitro benzene ring substituents is 1. The fourth-order valence-electron chi connectivity index (χ4n) is 2.39. The maximum Gasteiger partial charge on any atom is 0.326 e. The topological polar surface area (TPSA) is 137 Å². The number of nitro benzene ring substituents is 1. The molecule has 0 saturated heterocycles. The third-order valence-corrected chi connectivity index (χ3v) is 3.83. The highest BCUT2D eigenvalue weighted by atomic mass is 16.7. The van der Waals surface area contributed by atoms with E-state index in [9.17, 15) is 24.8 Å². The summed E-state index contributed by atoms with van der Waals surface area (Å²) in [5.41, 5.74) is -0.0453. The number of amides is 1. The van der Waals surface area contributed by atoms with Gasteiger partial charge in [0.1, 0.15) is 12.8 Å². The lowest BCUT2D eigenvalue weighted by molar-refractivity contribution is -0.384. The summed E-state index contributed by atoms with van der Waals surface area (Å²) >= 11 is 0. The predicted molar refractivity (Wildman–Crippen MR) is 104 cm³/mol. The third-order valence-electron chi connectivity index (χ3n) is 3.83. The number of nitrogens with zero attached hydrogens (tertiary/aromatic N) is 1. The van der Waals surface area contributed by atoms with Gasteiger partial charge in [0.2, 0.25) is 0 Å². The number of benzene rings is 1. The first-order valence-electron chi connectivity index (χ1n) is 9.01. The second-order valence-corrected chi connectivity index (χ2v) is 6.08. The van der Waals surface area contributed by atoms with Crippen LogP contribution in [-0.2, 0) is 19.0 Å². The van der Waals surface area contributed by atoms with Crippen molar-refractivity contribution in [2.24, 2.45) is 5.92 Å². The standard InChI is InChI=1S/C19H26N2O8/c1-3-9-28-11-14(12-29-13-27-4-2)10-17(19(23)24)20-18(22)15-5-7-16(8-6-15)21(25)26/h3,5-8,14,17H,1,4,9-13H2,2H3,(H,20,22)(H,23,24)/t14-,17+/m0/s1. The van der Waals surface area contributed by atoms with Crippen LogP contribution in [0.4, 0.5) is 5.69 Å². The van der Waals surface area contributed by atoms with Crippen molar-refractivity contribution in [1.82, 2.24) is 5.32 Å². The van der Waals surface area contributed by atoms with Crippen molar-refractivity contribution in [2.45, 2.75) is 19.4 Å².